The van der Waals surface area contributed by atoms with Crippen LogP contribution in [0, 0.1) is 13.8 Å². The van der Waals surface area contributed by atoms with Crippen molar-refractivity contribution in [3.05, 3.63) is 53.0 Å². The van der Waals surface area contributed by atoms with Gasteiger partial charge in [0.05, 0.1) is 5.56 Å². The molecule has 0 spiro atoms. The molecule has 108 valence electrons. The van der Waals surface area contributed by atoms with Crippen molar-refractivity contribution in [3.63, 3.8) is 0 Å². The van der Waals surface area contributed by atoms with Crippen LogP contribution in [0.2, 0.25) is 0 Å². The quantitative estimate of drug-likeness (QED) is 0.910. The molecule has 1 aromatic heterocycles. The largest absolute Gasteiger partial charge is 0.466 e. The van der Waals surface area contributed by atoms with Crippen LogP contribution in [0.25, 0.3) is 0 Å². The predicted octanol–water partition coefficient (Wildman–Crippen LogP) is 3.29. The fraction of sp³-hybridized carbons (Fsp3) is 0.267. The highest BCUT2D eigenvalue weighted by Crippen LogP contribution is 2.19. The molecule has 0 atom stereocenters. The van der Waals surface area contributed by atoms with Crippen LogP contribution in [0.1, 0.15) is 27.4 Å². The minimum atomic E-state index is -0.141. The normalized spacial score (nSPS) is 9.95. The number of carbonyl (C=O) groups excluding carboxylic acids is 1. The van der Waals surface area contributed by atoms with Crippen molar-refractivity contribution in [3.8, 4) is 0 Å². The summed E-state index contributed by atoms with van der Waals surface area (Å²) in [6, 6.07) is 9.50. The Hall–Kier alpha value is -1.78. The first kappa shape index (κ1) is 16.3. The maximum absolute atomic E-state index is 12.2. The second kappa shape index (κ2) is 7.12. The van der Waals surface area contributed by atoms with Gasteiger partial charge in [-0.1, -0.05) is 18.2 Å². The van der Waals surface area contributed by atoms with Gasteiger partial charge in [0.1, 0.15) is 11.5 Å². The molecule has 1 heterocycles. The Morgan fingerprint density at radius 2 is 1.95 bits per heavy atom. The maximum Gasteiger partial charge on any atom is 0.259 e. The third-order valence-electron chi connectivity index (χ3n) is 2.92. The number of hydrogen-bond acceptors (Lipinski definition) is 3. The van der Waals surface area contributed by atoms with Crippen LogP contribution < -0.4 is 10.6 Å². The van der Waals surface area contributed by atoms with Crippen LogP contribution in [0.15, 0.2) is 34.7 Å². The van der Waals surface area contributed by atoms with Gasteiger partial charge in [-0.2, -0.15) is 0 Å². The minimum absolute atomic E-state index is 0. The van der Waals surface area contributed by atoms with Crippen LogP contribution in [0.5, 0.6) is 0 Å². The fourth-order valence-corrected chi connectivity index (χ4v) is 2.03. The van der Waals surface area contributed by atoms with Crippen LogP contribution in [0.4, 0.5) is 5.69 Å². The Balaban J connectivity index is 0.00000200. The van der Waals surface area contributed by atoms with Crippen LogP contribution in [-0.2, 0) is 6.54 Å². The van der Waals surface area contributed by atoms with E-state index in [0.717, 1.165) is 17.0 Å². The van der Waals surface area contributed by atoms with E-state index in [-0.39, 0.29) is 18.3 Å². The molecule has 2 aromatic rings. The van der Waals surface area contributed by atoms with E-state index in [1.165, 1.54) is 0 Å². The van der Waals surface area contributed by atoms with E-state index < -0.39 is 0 Å². The lowest BCUT2D eigenvalue weighted by atomic mass is 10.1. The summed E-state index contributed by atoms with van der Waals surface area (Å²) < 4.78 is 5.38. The minimum Gasteiger partial charge on any atom is -0.466 e. The molecular formula is C15H19ClN2O2. The molecule has 2 rings (SSSR count). The van der Waals surface area contributed by atoms with E-state index in [1.807, 2.05) is 38.2 Å². The van der Waals surface area contributed by atoms with Crippen molar-refractivity contribution >= 4 is 24.0 Å². The van der Waals surface area contributed by atoms with Gasteiger partial charge in [-0.25, -0.2) is 0 Å². The number of furan rings is 1. The van der Waals surface area contributed by atoms with Gasteiger partial charge in [-0.05, 0) is 38.6 Å². The summed E-state index contributed by atoms with van der Waals surface area (Å²) in [6.45, 7) is 4.33. The van der Waals surface area contributed by atoms with Gasteiger partial charge in [0.2, 0.25) is 0 Å². The Morgan fingerprint density at radius 1 is 1.25 bits per heavy atom. The van der Waals surface area contributed by atoms with Crippen molar-refractivity contribution in [1.82, 2.24) is 5.32 Å². The van der Waals surface area contributed by atoms with E-state index in [9.17, 15) is 4.79 Å². The van der Waals surface area contributed by atoms with Crippen molar-refractivity contribution < 1.29 is 9.21 Å². The Kier molecular flexibility index (Phi) is 5.80. The van der Waals surface area contributed by atoms with E-state index in [4.69, 9.17) is 4.42 Å². The molecule has 0 aliphatic carbocycles. The van der Waals surface area contributed by atoms with Gasteiger partial charge in [0, 0.05) is 12.2 Å². The first-order valence-corrected chi connectivity index (χ1v) is 6.22. The maximum atomic E-state index is 12.2. The van der Waals surface area contributed by atoms with E-state index in [1.54, 1.807) is 13.0 Å². The number of hydrogen-bond donors (Lipinski definition) is 2. The van der Waals surface area contributed by atoms with Crippen LogP contribution >= 0.6 is 12.4 Å². The molecule has 5 heteroatoms. The van der Waals surface area contributed by atoms with E-state index >= 15 is 0 Å². The molecule has 4 nitrogen and oxygen atoms in total. The first-order valence-electron chi connectivity index (χ1n) is 6.22. The number of amides is 1. The average molecular weight is 295 g/mol. The van der Waals surface area contributed by atoms with Crippen LogP contribution in [0.3, 0.4) is 0 Å². The third kappa shape index (κ3) is 3.62. The summed E-state index contributed by atoms with van der Waals surface area (Å²) in [4.78, 5) is 12.2. The lowest BCUT2D eigenvalue weighted by Gasteiger charge is -2.10. The average Bonchev–Trinajstić information content (AvgIpc) is 2.71. The molecule has 0 aliphatic heterocycles. The molecule has 1 aromatic carbocycles. The van der Waals surface area contributed by atoms with Crippen LogP contribution in [-0.4, -0.2) is 13.0 Å². The highest BCUT2D eigenvalue weighted by atomic mass is 35.5. The second-order valence-corrected chi connectivity index (χ2v) is 4.47. The molecule has 1 amide bonds. The molecule has 0 bridgehead atoms. The van der Waals surface area contributed by atoms with Crippen molar-refractivity contribution in [1.29, 1.82) is 0 Å². The lowest BCUT2D eigenvalue weighted by Crippen LogP contribution is -2.15. The molecule has 0 fully saturated rings. The summed E-state index contributed by atoms with van der Waals surface area (Å²) in [5.74, 6) is 1.24. The summed E-state index contributed by atoms with van der Waals surface area (Å²) in [7, 11) is 1.88. The summed E-state index contributed by atoms with van der Waals surface area (Å²) in [5, 5.41) is 6.01. The molecule has 0 saturated heterocycles. The number of carbonyl (C=O) groups is 1. The zero-order valence-electron chi connectivity index (χ0n) is 11.8. The number of rotatable bonds is 4. The number of para-hydroxylation sites is 1. The van der Waals surface area contributed by atoms with Gasteiger partial charge in [-0.3, -0.25) is 4.79 Å². The van der Waals surface area contributed by atoms with Gasteiger partial charge >= 0.3 is 0 Å². The first-order chi connectivity index (χ1) is 9.11. The van der Waals surface area contributed by atoms with Crippen molar-refractivity contribution in [2.45, 2.75) is 20.4 Å². The van der Waals surface area contributed by atoms with Gasteiger partial charge in [-0.15, -0.1) is 12.4 Å². The Labute approximate surface area is 125 Å². The molecule has 0 saturated carbocycles. The van der Waals surface area contributed by atoms with Gasteiger partial charge in [0.15, 0.2) is 0 Å². The standard InChI is InChI=1S/C15H18N2O2.ClH/c1-10-8-13(11(2)19-10)15(18)17-14-7-5-4-6-12(14)9-16-3;/h4-8,16H,9H2,1-3H3,(H,17,18);1H. The Morgan fingerprint density at radius 3 is 2.55 bits per heavy atom. The smallest absolute Gasteiger partial charge is 0.259 e. The molecule has 0 aliphatic rings. The van der Waals surface area contributed by atoms with Crippen molar-refractivity contribution in [2.75, 3.05) is 12.4 Å². The number of anilines is 1. The van der Waals surface area contributed by atoms with Gasteiger partial charge < -0.3 is 15.1 Å². The molecule has 0 unspecified atom stereocenters. The van der Waals surface area contributed by atoms with Crippen molar-refractivity contribution in [2.24, 2.45) is 0 Å². The second-order valence-electron chi connectivity index (χ2n) is 4.47. The highest BCUT2D eigenvalue weighted by molar-refractivity contribution is 6.05. The summed E-state index contributed by atoms with van der Waals surface area (Å²) >= 11 is 0. The topological polar surface area (TPSA) is 54.3 Å². The predicted molar refractivity (Wildman–Crippen MR) is 82.6 cm³/mol. The summed E-state index contributed by atoms with van der Waals surface area (Å²) in [5.41, 5.74) is 2.45. The monoisotopic (exact) mass is 294 g/mol. The third-order valence-corrected chi connectivity index (χ3v) is 2.92. The molecule has 2 N–H and O–H groups in total. The number of benzene rings is 1. The SMILES string of the molecule is CNCc1ccccc1NC(=O)c1cc(C)oc1C.Cl. The molecule has 0 radical (unpaired) electrons. The molecule has 20 heavy (non-hydrogen) atoms. The van der Waals surface area contributed by atoms with Gasteiger partial charge in [0.25, 0.3) is 5.91 Å². The highest BCUT2D eigenvalue weighted by Gasteiger charge is 2.14. The number of nitrogens with one attached hydrogen (secondary N) is 2. The summed E-state index contributed by atoms with van der Waals surface area (Å²) in [6.07, 6.45) is 0. The zero-order valence-corrected chi connectivity index (χ0v) is 12.6. The Bertz CT molecular complexity index is 593. The fourth-order valence-electron chi connectivity index (χ4n) is 2.03. The van der Waals surface area contributed by atoms with E-state index in [2.05, 4.69) is 10.6 Å². The zero-order chi connectivity index (χ0) is 13.8. The number of aryl methyl sites for hydroxylation is 2. The lowest BCUT2D eigenvalue weighted by molar-refractivity contribution is 0.102. The molecular weight excluding hydrogens is 276 g/mol. The number of halogens is 1. The van der Waals surface area contributed by atoms with E-state index in [0.29, 0.717) is 17.9 Å².